The van der Waals surface area contributed by atoms with E-state index in [0.717, 1.165) is 25.1 Å². The number of carbonyl (C=O) groups is 1. The molecular formula is C17H27N3O. The van der Waals surface area contributed by atoms with Crippen molar-refractivity contribution in [2.75, 3.05) is 18.0 Å². The number of hydrogen-bond donors (Lipinski definition) is 2. The Morgan fingerprint density at radius 3 is 2.48 bits per heavy atom. The van der Waals surface area contributed by atoms with Crippen molar-refractivity contribution < 1.29 is 4.79 Å². The molecule has 0 aliphatic carbocycles. The van der Waals surface area contributed by atoms with Crippen LogP contribution in [-0.4, -0.2) is 25.2 Å². The lowest BCUT2D eigenvalue weighted by Crippen LogP contribution is -2.40. The number of nitrogens with one attached hydrogen (secondary N) is 2. The summed E-state index contributed by atoms with van der Waals surface area (Å²) < 4.78 is 0. The van der Waals surface area contributed by atoms with Crippen LogP contribution in [0.2, 0.25) is 0 Å². The Bertz CT molecular complexity index is 438. The van der Waals surface area contributed by atoms with Crippen molar-refractivity contribution in [2.24, 2.45) is 0 Å². The molecule has 0 aromatic heterocycles. The molecule has 1 aromatic rings. The monoisotopic (exact) mass is 289 g/mol. The predicted molar refractivity (Wildman–Crippen MR) is 87.6 cm³/mol. The summed E-state index contributed by atoms with van der Waals surface area (Å²) in [6, 6.07) is 8.65. The van der Waals surface area contributed by atoms with Crippen LogP contribution in [0, 0.1) is 0 Å². The minimum atomic E-state index is -0.0931. The van der Waals surface area contributed by atoms with Gasteiger partial charge in [0.2, 0.25) is 0 Å². The van der Waals surface area contributed by atoms with Crippen molar-refractivity contribution in [1.82, 2.24) is 10.6 Å². The van der Waals surface area contributed by atoms with Gasteiger partial charge in [-0.2, -0.15) is 0 Å². The van der Waals surface area contributed by atoms with Crippen LogP contribution in [0.1, 0.15) is 45.1 Å². The standard InChI is InChI=1S/C17H27N3O/c1-3-14(2)19-17(21)18-13-15-7-9-16(10-8-15)20-11-5-4-6-12-20/h7-10,14H,3-6,11-13H2,1-2H3,(H2,18,19,21). The fraction of sp³-hybridized carbons (Fsp3) is 0.588. The van der Waals surface area contributed by atoms with Gasteiger partial charge in [0.15, 0.2) is 0 Å². The highest BCUT2D eigenvalue weighted by Gasteiger charge is 2.10. The largest absolute Gasteiger partial charge is 0.372 e. The molecule has 0 radical (unpaired) electrons. The van der Waals surface area contributed by atoms with Gasteiger partial charge in [-0.05, 0) is 50.3 Å². The number of carbonyl (C=O) groups excluding carboxylic acids is 1. The summed E-state index contributed by atoms with van der Waals surface area (Å²) in [4.78, 5) is 14.1. The minimum absolute atomic E-state index is 0.0931. The first-order valence-corrected chi connectivity index (χ1v) is 8.07. The van der Waals surface area contributed by atoms with Crippen LogP contribution >= 0.6 is 0 Å². The summed E-state index contributed by atoms with van der Waals surface area (Å²) in [5.41, 5.74) is 2.43. The van der Waals surface area contributed by atoms with Gasteiger partial charge in [0.25, 0.3) is 0 Å². The van der Waals surface area contributed by atoms with E-state index in [4.69, 9.17) is 0 Å². The van der Waals surface area contributed by atoms with Gasteiger partial charge < -0.3 is 15.5 Å². The predicted octanol–water partition coefficient (Wildman–Crippen LogP) is 3.27. The lowest BCUT2D eigenvalue weighted by atomic mass is 10.1. The molecule has 116 valence electrons. The maximum atomic E-state index is 11.7. The van der Waals surface area contributed by atoms with Gasteiger partial charge in [-0.1, -0.05) is 19.1 Å². The minimum Gasteiger partial charge on any atom is -0.372 e. The number of urea groups is 1. The second kappa shape index (κ2) is 7.91. The van der Waals surface area contributed by atoms with Gasteiger partial charge in [0.1, 0.15) is 0 Å². The van der Waals surface area contributed by atoms with Crippen LogP contribution in [0.3, 0.4) is 0 Å². The highest BCUT2D eigenvalue weighted by molar-refractivity contribution is 5.74. The number of amides is 2. The molecule has 21 heavy (non-hydrogen) atoms. The second-order valence-electron chi connectivity index (χ2n) is 5.85. The molecule has 1 aromatic carbocycles. The fourth-order valence-electron chi connectivity index (χ4n) is 2.54. The third-order valence-electron chi connectivity index (χ3n) is 4.10. The van der Waals surface area contributed by atoms with Gasteiger partial charge in [-0.15, -0.1) is 0 Å². The van der Waals surface area contributed by atoms with Crippen LogP contribution in [0.4, 0.5) is 10.5 Å². The average molecular weight is 289 g/mol. The molecule has 1 unspecified atom stereocenters. The first kappa shape index (κ1) is 15.7. The zero-order chi connectivity index (χ0) is 15.1. The summed E-state index contributed by atoms with van der Waals surface area (Å²) in [5, 5.41) is 5.80. The zero-order valence-corrected chi connectivity index (χ0v) is 13.2. The molecule has 1 aliphatic rings. The molecule has 2 amide bonds. The number of benzene rings is 1. The van der Waals surface area contributed by atoms with E-state index in [1.54, 1.807) is 0 Å². The molecule has 2 N–H and O–H groups in total. The molecule has 4 nitrogen and oxygen atoms in total. The highest BCUT2D eigenvalue weighted by atomic mass is 16.2. The summed E-state index contributed by atoms with van der Waals surface area (Å²) >= 11 is 0. The normalized spacial score (nSPS) is 16.4. The first-order chi connectivity index (χ1) is 10.2. The van der Waals surface area contributed by atoms with Crippen LogP contribution < -0.4 is 15.5 Å². The smallest absolute Gasteiger partial charge is 0.315 e. The van der Waals surface area contributed by atoms with Gasteiger partial charge in [-0.3, -0.25) is 0 Å². The highest BCUT2D eigenvalue weighted by Crippen LogP contribution is 2.20. The van der Waals surface area contributed by atoms with E-state index in [2.05, 4.69) is 46.7 Å². The molecule has 1 atom stereocenters. The topological polar surface area (TPSA) is 44.4 Å². The van der Waals surface area contributed by atoms with E-state index >= 15 is 0 Å². The van der Waals surface area contributed by atoms with Crippen LogP contribution in [0.25, 0.3) is 0 Å². The van der Waals surface area contributed by atoms with Crippen molar-refractivity contribution in [1.29, 1.82) is 0 Å². The molecule has 1 heterocycles. The molecule has 4 heteroatoms. The first-order valence-electron chi connectivity index (χ1n) is 8.07. The molecule has 1 saturated heterocycles. The molecule has 0 spiro atoms. The van der Waals surface area contributed by atoms with Crippen LogP contribution in [0.5, 0.6) is 0 Å². The second-order valence-corrected chi connectivity index (χ2v) is 5.85. The van der Waals surface area contributed by atoms with Crippen molar-refractivity contribution in [3.05, 3.63) is 29.8 Å². The SMILES string of the molecule is CCC(C)NC(=O)NCc1ccc(N2CCCCC2)cc1. The number of anilines is 1. The molecule has 0 bridgehead atoms. The van der Waals surface area contributed by atoms with Gasteiger partial charge >= 0.3 is 6.03 Å². The van der Waals surface area contributed by atoms with E-state index in [0.29, 0.717) is 6.54 Å². The maximum Gasteiger partial charge on any atom is 0.315 e. The summed E-state index contributed by atoms with van der Waals surface area (Å²) in [7, 11) is 0. The third-order valence-corrected chi connectivity index (χ3v) is 4.10. The molecule has 1 aliphatic heterocycles. The van der Waals surface area contributed by atoms with E-state index in [-0.39, 0.29) is 12.1 Å². The molecule has 1 fully saturated rings. The number of piperidine rings is 1. The lowest BCUT2D eigenvalue weighted by molar-refractivity contribution is 0.237. The Morgan fingerprint density at radius 1 is 1.19 bits per heavy atom. The van der Waals surface area contributed by atoms with E-state index in [1.165, 1.54) is 24.9 Å². The Balaban J connectivity index is 1.80. The Kier molecular flexibility index (Phi) is 5.90. The summed E-state index contributed by atoms with van der Waals surface area (Å²) in [6.07, 6.45) is 4.87. The van der Waals surface area contributed by atoms with Gasteiger partial charge in [-0.25, -0.2) is 4.79 Å². The average Bonchev–Trinajstić information content (AvgIpc) is 2.54. The summed E-state index contributed by atoms with van der Waals surface area (Å²) in [6.45, 7) is 6.96. The van der Waals surface area contributed by atoms with Crippen molar-refractivity contribution >= 4 is 11.7 Å². The van der Waals surface area contributed by atoms with E-state index in [1.807, 2.05) is 6.92 Å². The molecule has 0 saturated carbocycles. The van der Waals surface area contributed by atoms with Gasteiger partial charge in [0.05, 0.1) is 0 Å². The number of hydrogen-bond acceptors (Lipinski definition) is 2. The quantitative estimate of drug-likeness (QED) is 0.873. The number of nitrogens with zero attached hydrogens (tertiary/aromatic N) is 1. The Morgan fingerprint density at radius 2 is 1.86 bits per heavy atom. The Hall–Kier alpha value is -1.71. The summed E-state index contributed by atoms with van der Waals surface area (Å²) in [5.74, 6) is 0. The molecular weight excluding hydrogens is 262 g/mol. The fourth-order valence-corrected chi connectivity index (χ4v) is 2.54. The van der Waals surface area contributed by atoms with Crippen molar-refractivity contribution in [2.45, 2.75) is 52.1 Å². The zero-order valence-electron chi connectivity index (χ0n) is 13.2. The van der Waals surface area contributed by atoms with E-state index < -0.39 is 0 Å². The lowest BCUT2D eigenvalue weighted by Gasteiger charge is -2.28. The molecule has 2 rings (SSSR count). The van der Waals surface area contributed by atoms with Crippen molar-refractivity contribution in [3.63, 3.8) is 0 Å². The van der Waals surface area contributed by atoms with Gasteiger partial charge in [0, 0.05) is 31.4 Å². The van der Waals surface area contributed by atoms with Crippen LogP contribution in [-0.2, 0) is 6.54 Å². The van der Waals surface area contributed by atoms with Crippen LogP contribution in [0.15, 0.2) is 24.3 Å². The van der Waals surface area contributed by atoms with E-state index in [9.17, 15) is 4.79 Å². The maximum absolute atomic E-state index is 11.7. The van der Waals surface area contributed by atoms with Crippen molar-refractivity contribution in [3.8, 4) is 0 Å². The Labute approximate surface area is 127 Å². The number of rotatable bonds is 5. The third kappa shape index (κ3) is 4.96.